The van der Waals surface area contributed by atoms with Gasteiger partial charge in [0.2, 0.25) is 11.8 Å². The first kappa shape index (κ1) is 16.3. The number of carbonyl (C=O) groups is 2. The number of carbonyl (C=O) groups excluding carboxylic acids is 2. The fourth-order valence-corrected chi connectivity index (χ4v) is 3.18. The molecule has 6 heteroatoms. The van der Waals surface area contributed by atoms with Crippen LogP contribution in [0, 0.1) is 17.2 Å². The van der Waals surface area contributed by atoms with Crippen LogP contribution >= 0.6 is 0 Å². The zero-order chi connectivity index (χ0) is 17.2. The molecule has 0 aromatic heterocycles. The number of hydrogen-bond acceptors (Lipinski definition) is 4. The van der Waals surface area contributed by atoms with Gasteiger partial charge in [-0.1, -0.05) is 12.1 Å². The monoisotopic (exact) mass is 327 g/mol. The molecule has 2 fully saturated rings. The van der Waals surface area contributed by atoms with E-state index in [0.29, 0.717) is 25.9 Å². The number of benzene rings is 1. The summed E-state index contributed by atoms with van der Waals surface area (Å²) in [5, 5.41) is 12.1. The topological polar surface area (TPSA) is 82.4 Å². The number of rotatable bonds is 5. The first-order chi connectivity index (χ1) is 11.5. The Bertz CT molecular complexity index is 674. The van der Waals surface area contributed by atoms with Crippen LogP contribution in [0.25, 0.3) is 0 Å². The fourth-order valence-electron chi connectivity index (χ4n) is 3.18. The normalized spacial score (nSPS) is 21.8. The predicted octanol–water partition coefficient (Wildman–Crippen LogP) is 1.61. The fraction of sp³-hybridized carbons (Fsp3) is 0.500. The summed E-state index contributed by atoms with van der Waals surface area (Å²) < 4.78 is 5.12. The van der Waals surface area contributed by atoms with Crippen molar-refractivity contribution in [1.29, 1.82) is 5.26 Å². The van der Waals surface area contributed by atoms with Crippen LogP contribution in [0.1, 0.15) is 31.2 Å². The summed E-state index contributed by atoms with van der Waals surface area (Å²) in [7, 11) is 1.61. The largest absolute Gasteiger partial charge is 0.497 e. The van der Waals surface area contributed by atoms with Gasteiger partial charge in [0.25, 0.3) is 0 Å². The number of hydrogen-bond donors (Lipinski definition) is 1. The van der Waals surface area contributed by atoms with Gasteiger partial charge in [-0.2, -0.15) is 5.26 Å². The highest BCUT2D eigenvalue weighted by Crippen LogP contribution is 2.32. The lowest BCUT2D eigenvalue weighted by Crippen LogP contribution is -2.54. The Morgan fingerprint density at radius 1 is 1.42 bits per heavy atom. The summed E-state index contributed by atoms with van der Waals surface area (Å²) in [6.45, 7) is 0.883. The van der Waals surface area contributed by atoms with E-state index in [1.165, 1.54) is 0 Å². The molecule has 0 bridgehead atoms. The van der Waals surface area contributed by atoms with Gasteiger partial charge in [-0.3, -0.25) is 9.59 Å². The van der Waals surface area contributed by atoms with Gasteiger partial charge in [0.05, 0.1) is 19.1 Å². The van der Waals surface area contributed by atoms with Crippen molar-refractivity contribution >= 4 is 11.8 Å². The molecule has 1 N–H and O–H groups in total. The zero-order valence-electron chi connectivity index (χ0n) is 13.7. The molecule has 0 unspecified atom stereocenters. The lowest BCUT2D eigenvalue weighted by Gasteiger charge is -2.36. The number of nitrogens with zero attached hydrogens (tertiary/aromatic N) is 2. The minimum Gasteiger partial charge on any atom is -0.497 e. The summed E-state index contributed by atoms with van der Waals surface area (Å²) in [6.07, 6.45) is 2.57. The van der Waals surface area contributed by atoms with Crippen LogP contribution in [0.5, 0.6) is 5.75 Å². The third kappa shape index (κ3) is 3.21. The van der Waals surface area contributed by atoms with E-state index in [1.807, 2.05) is 24.3 Å². The first-order valence-corrected chi connectivity index (χ1v) is 8.19. The lowest BCUT2D eigenvalue weighted by atomic mass is 9.77. The van der Waals surface area contributed by atoms with E-state index < -0.39 is 5.54 Å². The maximum atomic E-state index is 12.4. The highest BCUT2D eigenvalue weighted by Gasteiger charge is 2.42. The number of amides is 2. The van der Waals surface area contributed by atoms with E-state index in [9.17, 15) is 14.9 Å². The second kappa shape index (κ2) is 6.52. The van der Waals surface area contributed by atoms with Crippen molar-refractivity contribution in [3.05, 3.63) is 29.8 Å². The Balaban J connectivity index is 1.58. The SMILES string of the molecule is COc1ccc(CN2C[C@H](C(=O)NC3(C#N)CCC3)CC2=O)cc1. The molecule has 1 heterocycles. The number of ether oxygens (including phenoxy) is 1. The minimum atomic E-state index is -0.705. The molecule has 1 atom stereocenters. The molecule has 1 aromatic rings. The average molecular weight is 327 g/mol. The van der Waals surface area contributed by atoms with Gasteiger partial charge in [-0.15, -0.1) is 0 Å². The maximum Gasteiger partial charge on any atom is 0.226 e. The van der Waals surface area contributed by atoms with E-state index >= 15 is 0 Å². The van der Waals surface area contributed by atoms with Crippen molar-refractivity contribution in [1.82, 2.24) is 10.2 Å². The summed E-state index contributed by atoms with van der Waals surface area (Å²) in [6, 6.07) is 9.74. The van der Waals surface area contributed by atoms with Crippen LogP contribution in [0.15, 0.2) is 24.3 Å². The molecule has 1 aromatic carbocycles. The summed E-state index contributed by atoms with van der Waals surface area (Å²) >= 11 is 0. The average Bonchev–Trinajstić information content (AvgIpc) is 2.92. The summed E-state index contributed by atoms with van der Waals surface area (Å²) in [5.74, 6) is 0.194. The molecule has 2 amide bonds. The van der Waals surface area contributed by atoms with Crippen LogP contribution in [-0.4, -0.2) is 35.9 Å². The first-order valence-electron chi connectivity index (χ1n) is 8.19. The van der Waals surface area contributed by atoms with E-state index in [2.05, 4.69) is 11.4 Å². The van der Waals surface area contributed by atoms with Crippen LogP contribution in [0.3, 0.4) is 0 Å². The molecule has 2 aliphatic rings. The second-order valence-electron chi connectivity index (χ2n) is 6.56. The molecule has 6 nitrogen and oxygen atoms in total. The van der Waals surface area contributed by atoms with Gasteiger partial charge < -0.3 is 15.0 Å². The highest BCUT2D eigenvalue weighted by atomic mass is 16.5. The number of nitrogens with one attached hydrogen (secondary N) is 1. The van der Waals surface area contributed by atoms with Crippen LogP contribution in [0.4, 0.5) is 0 Å². The third-order valence-corrected chi connectivity index (χ3v) is 4.90. The molecular formula is C18H21N3O3. The smallest absolute Gasteiger partial charge is 0.226 e. The van der Waals surface area contributed by atoms with Crippen molar-refractivity contribution in [3.8, 4) is 11.8 Å². The van der Waals surface area contributed by atoms with Gasteiger partial charge in [0, 0.05) is 19.5 Å². The second-order valence-corrected chi connectivity index (χ2v) is 6.56. The molecule has 24 heavy (non-hydrogen) atoms. The van der Waals surface area contributed by atoms with Crippen molar-refractivity contribution in [2.45, 2.75) is 37.8 Å². The van der Waals surface area contributed by atoms with E-state index in [4.69, 9.17) is 4.74 Å². The minimum absolute atomic E-state index is 0.0226. The van der Waals surface area contributed by atoms with Crippen LogP contribution in [0.2, 0.25) is 0 Å². The molecule has 126 valence electrons. The number of likely N-dealkylation sites (tertiary alicyclic amines) is 1. The van der Waals surface area contributed by atoms with Crippen molar-refractivity contribution in [2.24, 2.45) is 5.92 Å². The van der Waals surface area contributed by atoms with Crippen molar-refractivity contribution < 1.29 is 14.3 Å². The van der Waals surface area contributed by atoms with Crippen molar-refractivity contribution in [3.63, 3.8) is 0 Å². The molecular weight excluding hydrogens is 306 g/mol. The van der Waals surface area contributed by atoms with Crippen LogP contribution in [-0.2, 0) is 16.1 Å². The standard InChI is InChI=1S/C18H21N3O3/c1-24-15-5-3-13(4-6-15)10-21-11-14(9-16(21)22)17(23)20-18(12-19)7-2-8-18/h3-6,14H,2,7-11H2,1H3,(H,20,23)/t14-/m1/s1. The molecule has 0 spiro atoms. The van der Waals surface area contributed by atoms with E-state index in [1.54, 1.807) is 12.0 Å². The molecule has 1 aliphatic carbocycles. The number of methoxy groups -OCH3 is 1. The van der Waals surface area contributed by atoms with Gasteiger partial charge in [0.15, 0.2) is 0 Å². The van der Waals surface area contributed by atoms with Crippen LogP contribution < -0.4 is 10.1 Å². The maximum absolute atomic E-state index is 12.4. The van der Waals surface area contributed by atoms with E-state index in [0.717, 1.165) is 17.7 Å². The quantitative estimate of drug-likeness (QED) is 0.890. The Hall–Kier alpha value is -2.55. The van der Waals surface area contributed by atoms with Gasteiger partial charge in [-0.25, -0.2) is 0 Å². The molecule has 1 saturated heterocycles. The Kier molecular flexibility index (Phi) is 4.43. The summed E-state index contributed by atoms with van der Waals surface area (Å²) in [5.41, 5.74) is 0.293. The Morgan fingerprint density at radius 2 is 2.12 bits per heavy atom. The van der Waals surface area contributed by atoms with Gasteiger partial charge in [0.1, 0.15) is 11.3 Å². The molecule has 1 saturated carbocycles. The predicted molar refractivity (Wildman–Crippen MR) is 86.9 cm³/mol. The Labute approximate surface area is 141 Å². The molecule has 3 rings (SSSR count). The number of nitriles is 1. The van der Waals surface area contributed by atoms with E-state index in [-0.39, 0.29) is 24.2 Å². The lowest BCUT2D eigenvalue weighted by molar-refractivity contribution is -0.130. The molecule has 0 radical (unpaired) electrons. The summed E-state index contributed by atoms with van der Waals surface area (Å²) in [4.78, 5) is 26.3. The van der Waals surface area contributed by atoms with Gasteiger partial charge in [-0.05, 0) is 37.0 Å². The zero-order valence-corrected chi connectivity index (χ0v) is 13.7. The van der Waals surface area contributed by atoms with Crippen molar-refractivity contribution in [2.75, 3.05) is 13.7 Å². The van der Waals surface area contributed by atoms with Gasteiger partial charge >= 0.3 is 0 Å². The Morgan fingerprint density at radius 3 is 2.67 bits per heavy atom. The highest BCUT2D eigenvalue weighted by molar-refractivity contribution is 5.89. The third-order valence-electron chi connectivity index (χ3n) is 4.90. The molecule has 1 aliphatic heterocycles.